The van der Waals surface area contributed by atoms with Crippen LogP contribution in [0.2, 0.25) is 5.28 Å². The van der Waals surface area contributed by atoms with Crippen molar-refractivity contribution in [2.45, 2.75) is 64.5 Å². The minimum absolute atomic E-state index is 0.0487. The van der Waals surface area contributed by atoms with Crippen molar-refractivity contribution in [3.8, 4) is 0 Å². The summed E-state index contributed by atoms with van der Waals surface area (Å²) in [5, 5.41) is 11.1. The van der Waals surface area contributed by atoms with Gasteiger partial charge in [-0.15, -0.1) is 0 Å². The molecule has 0 amide bonds. The number of carbonyl (C=O) groups is 1. The van der Waals surface area contributed by atoms with Gasteiger partial charge in [-0.1, -0.05) is 13.8 Å². The normalized spacial score (nSPS) is 17.3. The molecule has 1 fully saturated rings. The Morgan fingerprint density at radius 2 is 2.00 bits per heavy atom. The molecule has 11 heteroatoms. The van der Waals surface area contributed by atoms with Gasteiger partial charge in [0.2, 0.25) is 17.0 Å². The fourth-order valence-electron chi connectivity index (χ4n) is 2.92. The number of alkyl halides is 2. The number of nitrogens with zero attached hydrogens (tertiary/aromatic N) is 4. The van der Waals surface area contributed by atoms with Crippen LogP contribution in [0.4, 0.5) is 20.3 Å². The Morgan fingerprint density at radius 3 is 2.48 bits per heavy atom. The van der Waals surface area contributed by atoms with Crippen molar-refractivity contribution >= 4 is 29.1 Å². The monoisotopic (exact) mass is 408 g/mol. The molecular formula is C16H23ClF2N4O4. The van der Waals surface area contributed by atoms with E-state index in [1.165, 1.54) is 18.9 Å². The molecule has 27 heavy (non-hydrogen) atoms. The fourth-order valence-corrected chi connectivity index (χ4v) is 3.05. The predicted molar refractivity (Wildman–Crippen MR) is 96.2 cm³/mol. The molecule has 2 rings (SSSR count). The van der Waals surface area contributed by atoms with Crippen molar-refractivity contribution in [3.05, 3.63) is 21.6 Å². The SMILES string of the molecule is CC.COC(=O)C(C)N(c1nc(Cl)ncc1[N+](=O)[O-])C1CCC(F)(F)CC1. The van der Waals surface area contributed by atoms with E-state index >= 15 is 0 Å². The van der Waals surface area contributed by atoms with Gasteiger partial charge in [-0.25, -0.2) is 18.6 Å². The molecule has 8 nitrogen and oxygen atoms in total. The highest BCUT2D eigenvalue weighted by molar-refractivity contribution is 6.28. The number of aromatic nitrogens is 2. The van der Waals surface area contributed by atoms with E-state index in [2.05, 4.69) is 9.97 Å². The van der Waals surface area contributed by atoms with Crippen LogP contribution in [0.1, 0.15) is 46.5 Å². The molecule has 0 aliphatic heterocycles. The van der Waals surface area contributed by atoms with Gasteiger partial charge >= 0.3 is 11.7 Å². The topological polar surface area (TPSA) is 98.5 Å². The number of carbonyl (C=O) groups excluding carboxylic acids is 1. The minimum atomic E-state index is -2.79. The molecule has 0 aromatic carbocycles. The molecule has 0 spiro atoms. The molecule has 152 valence electrons. The number of ether oxygens (including phenoxy) is 1. The fraction of sp³-hybridized carbons (Fsp3) is 0.688. The number of nitro groups is 1. The number of esters is 1. The van der Waals surface area contributed by atoms with E-state index in [1.807, 2.05) is 13.8 Å². The number of anilines is 1. The summed E-state index contributed by atoms with van der Waals surface area (Å²) in [5.41, 5.74) is -0.461. The molecule has 1 atom stereocenters. The summed E-state index contributed by atoms with van der Waals surface area (Å²) in [6.45, 7) is 5.47. The van der Waals surface area contributed by atoms with Crippen LogP contribution in [0.5, 0.6) is 0 Å². The zero-order chi connectivity index (χ0) is 20.8. The highest BCUT2D eigenvalue weighted by atomic mass is 35.5. The molecular weight excluding hydrogens is 386 g/mol. The van der Waals surface area contributed by atoms with Gasteiger partial charge in [0.1, 0.15) is 12.2 Å². The lowest BCUT2D eigenvalue weighted by molar-refractivity contribution is -0.384. The summed E-state index contributed by atoms with van der Waals surface area (Å²) in [4.78, 5) is 31.4. The van der Waals surface area contributed by atoms with Crippen LogP contribution in [-0.4, -0.2) is 46.0 Å². The first kappa shape index (κ1) is 22.9. The van der Waals surface area contributed by atoms with Crippen molar-refractivity contribution in [1.29, 1.82) is 0 Å². The van der Waals surface area contributed by atoms with Gasteiger partial charge in [0.25, 0.3) is 0 Å². The van der Waals surface area contributed by atoms with Crippen LogP contribution in [0.15, 0.2) is 6.20 Å². The lowest BCUT2D eigenvalue weighted by atomic mass is 9.90. The Bertz CT molecular complexity index is 668. The van der Waals surface area contributed by atoms with Crippen LogP contribution >= 0.6 is 11.6 Å². The van der Waals surface area contributed by atoms with Crippen molar-refractivity contribution in [3.63, 3.8) is 0 Å². The predicted octanol–water partition coefficient (Wildman–Crippen LogP) is 4.01. The lowest BCUT2D eigenvalue weighted by Gasteiger charge is -2.39. The van der Waals surface area contributed by atoms with Crippen molar-refractivity contribution in [2.24, 2.45) is 0 Å². The maximum Gasteiger partial charge on any atom is 0.329 e. The molecule has 1 aliphatic rings. The van der Waals surface area contributed by atoms with Crippen LogP contribution in [0.3, 0.4) is 0 Å². The first-order valence-corrected chi connectivity index (χ1v) is 8.95. The number of rotatable bonds is 5. The second-order valence-corrected chi connectivity index (χ2v) is 6.14. The van der Waals surface area contributed by atoms with Gasteiger partial charge in [-0.3, -0.25) is 10.1 Å². The summed E-state index contributed by atoms with van der Waals surface area (Å²) < 4.78 is 31.7. The van der Waals surface area contributed by atoms with Gasteiger partial charge in [-0.05, 0) is 31.4 Å². The Labute approximate surface area is 161 Å². The molecule has 1 heterocycles. The van der Waals surface area contributed by atoms with Crippen LogP contribution in [-0.2, 0) is 9.53 Å². The van der Waals surface area contributed by atoms with Crippen LogP contribution in [0, 0.1) is 10.1 Å². The summed E-state index contributed by atoms with van der Waals surface area (Å²) in [7, 11) is 1.17. The van der Waals surface area contributed by atoms with Gasteiger partial charge in [0.05, 0.1) is 12.0 Å². The second kappa shape index (κ2) is 9.72. The first-order chi connectivity index (χ1) is 12.7. The third kappa shape index (κ3) is 5.69. The second-order valence-electron chi connectivity index (χ2n) is 5.80. The average Bonchev–Trinajstić information content (AvgIpc) is 2.64. The van der Waals surface area contributed by atoms with E-state index in [4.69, 9.17) is 16.3 Å². The third-order valence-electron chi connectivity index (χ3n) is 4.20. The van der Waals surface area contributed by atoms with Crippen molar-refractivity contribution in [2.75, 3.05) is 12.0 Å². The molecule has 0 radical (unpaired) electrons. The van der Waals surface area contributed by atoms with Crippen molar-refractivity contribution < 1.29 is 23.2 Å². The van der Waals surface area contributed by atoms with E-state index in [0.717, 1.165) is 6.20 Å². The Hall–Kier alpha value is -2.10. The smallest absolute Gasteiger partial charge is 0.329 e. The average molecular weight is 409 g/mol. The Balaban J connectivity index is 0.00000176. The molecule has 0 N–H and O–H groups in total. The zero-order valence-electron chi connectivity index (χ0n) is 15.6. The van der Waals surface area contributed by atoms with E-state index in [-0.39, 0.29) is 36.8 Å². The maximum absolute atomic E-state index is 13.5. The quantitative estimate of drug-likeness (QED) is 0.314. The first-order valence-electron chi connectivity index (χ1n) is 8.57. The lowest BCUT2D eigenvalue weighted by Crippen LogP contribution is -2.49. The van der Waals surface area contributed by atoms with E-state index in [9.17, 15) is 23.7 Å². The molecule has 1 aromatic rings. The molecule has 0 bridgehead atoms. The van der Waals surface area contributed by atoms with Gasteiger partial charge in [0, 0.05) is 18.9 Å². The van der Waals surface area contributed by atoms with Crippen LogP contribution < -0.4 is 4.90 Å². The summed E-state index contributed by atoms with van der Waals surface area (Å²) in [6, 6.07) is -1.51. The van der Waals surface area contributed by atoms with Gasteiger partial charge < -0.3 is 9.64 Å². The maximum atomic E-state index is 13.5. The number of hydrogen-bond acceptors (Lipinski definition) is 7. The van der Waals surface area contributed by atoms with Gasteiger partial charge in [0.15, 0.2) is 0 Å². The van der Waals surface area contributed by atoms with Crippen LogP contribution in [0.25, 0.3) is 0 Å². The Morgan fingerprint density at radius 1 is 1.44 bits per heavy atom. The number of halogens is 3. The standard InChI is InChI=1S/C14H17ClF2N4O4.C2H6/c1-8(12(22)25-2)20(9-3-5-14(16,17)6-4-9)11-10(21(23)24)7-18-13(15)19-11;1-2/h7-9H,3-6H2,1-2H3;1-2H3. The van der Waals surface area contributed by atoms with E-state index < -0.39 is 34.6 Å². The molecule has 1 aromatic heterocycles. The number of methoxy groups -OCH3 is 1. The summed E-state index contributed by atoms with van der Waals surface area (Å²) in [6.07, 6.45) is 0.267. The summed E-state index contributed by atoms with van der Waals surface area (Å²) >= 11 is 5.76. The third-order valence-corrected chi connectivity index (χ3v) is 4.38. The Kier molecular flexibility index (Phi) is 8.26. The molecule has 0 saturated heterocycles. The highest BCUT2D eigenvalue weighted by Gasteiger charge is 2.41. The van der Waals surface area contributed by atoms with Crippen molar-refractivity contribution in [1.82, 2.24) is 9.97 Å². The summed E-state index contributed by atoms with van der Waals surface area (Å²) in [5.74, 6) is -3.63. The van der Waals surface area contributed by atoms with E-state index in [0.29, 0.717) is 0 Å². The molecule has 1 aliphatic carbocycles. The van der Waals surface area contributed by atoms with Gasteiger partial charge in [-0.2, -0.15) is 4.98 Å². The minimum Gasteiger partial charge on any atom is -0.467 e. The molecule has 1 saturated carbocycles. The van der Waals surface area contributed by atoms with E-state index in [1.54, 1.807) is 0 Å². The zero-order valence-corrected chi connectivity index (χ0v) is 16.4. The highest BCUT2D eigenvalue weighted by Crippen LogP contribution is 2.39. The molecule has 1 unspecified atom stereocenters. The largest absolute Gasteiger partial charge is 0.467 e. The number of hydrogen-bond donors (Lipinski definition) is 0.